The number of aromatic amines is 1. The second-order valence-corrected chi connectivity index (χ2v) is 6.25. The minimum absolute atomic E-state index is 0.00975. The van der Waals surface area contributed by atoms with E-state index in [1.807, 2.05) is 0 Å². The minimum Gasteiger partial charge on any atom is -0.392 e. The predicted octanol–water partition coefficient (Wildman–Crippen LogP) is 0.784. The Hall–Kier alpha value is -1.84. The normalized spacial score (nSPS) is 13.3. The van der Waals surface area contributed by atoms with Crippen molar-refractivity contribution in [2.75, 3.05) is 0 Å². The molecule has 1 heterocycles. The van der Waals surface area contributed by atoms with Crippen LogP contribution in [0.5, 0.6) is 0 Å². The van der Waals surface area contributed by atoms with E-state index in [1.54, 1.807) is 6.92 Å². The molecule has 21 heavy (non-hydrogen) atoms. The van der Waals surface area contributed by atoms with E-state index in [0.29, 0.717) is 5.82 Å². The maximum Gasteiger partial charge on any atom is 0.241 e. The molecule has 7 nitrogen and oxygen atoms in total. The number of benzene rings is 1. The number of rotatable bonds is 5. The molecule has 0 saturated carbocycles. The molecule has 0 radical (unpaired) electrons. The quantitative estimate of drug-likeness (QED) is 0.756. The van der Waals surface area contributed by atoms with Gasteiger partial charge < -0.3 is 5.11 Å². The third kappa shape index (κ3) is 3.26. The average Bonchev–Trinajstić information content (AvgIpc) is 2.95. The summed E-state index contributed by atoms with van der Waals surface area (Å²) in [6, 6.07) is 1.69. The van der Waals surface area contributed by atoms with Crippen molar-refractivity contribution in [2.45, 2.75) is 31.4 Å². The fourth-order valence-corrected chi connectivity index (χ4v) is 3.36. The van der Waals surface area contributed by atoms with Gasteiger partial charge in [-0.05, 0) is 31.5 Å². The number of aliphatic hydroxyl groups excluding tert-OH is 1. The van der Waals surface area contributed by atoms with Crippen LogP contribution >= 0.6 is 0 Å². The van der Waals surface area contributed by atoms with Gasteiger partial charge in [-0.25, -0.2) is 22.5 Å². The largest absolute Gasteiger partial charge is 0.392 e. The first-order valence-electron chi connectivity index (χ1n) is 6.12. The Kier molecular flexibility index (Phi) is 4.35. The molecular formula is C12H15FN4O3S. The number of aliphatic hydroxyl groups is 1. The van der Waals surface area contributed by atoms with E-state index in [1.165, 1.54) is 19.3 Å². The van der Waals surface area contributed by atoms with Crippen LogP contribution in [-0.2, 0) is 16.6 Å². The summed E-state index contributed by atoms with van der Waals surface area (Å²) >= 11 is 0. The molecule has 114 valence electrons. The van der Waals surface area contributed by atoms with Gasteiger partial charge in [0.15, 0.2) is 0 Å². The number of H-pyrrole nitrogens is 1. The molecule has 1 unspecified atom stereocenters. The number of nitrogens with zero attached hydrogens (tertiary/aromatic N) is 2. The summed E-state index contributed by atoms with van der Waals surface area (Å²) in [5.74, 6) is -0.343. The maximum absolute atomic E-state index is 13.7. The number of nitrogens with one attached hydrogen (secondary N) is 2. The SMILES string of the molecule is Cc1c(F)cc(CO)cc1S(=O)(=O)NC(C)c1ncn[nH]1. The monoisotopic (exact) mass is 314 g/mol. The van der Waals surface area contributed by atoms with E-state index in [9.17, 15) is 12.8 Å². The van der Waals surface area contributed by atoms with Crippen molar-refractivity contribution in [2.24, 2.45) is 0 Å². The fourth-order valence-electron chi connectivity index (χ4n) is 1.85. The minimum atomic E-state index is -3.96. The number of sulfonamides is 1. The summed E-state index contributed by atoms with van der Waals surface area (Å²) < 4.78 is 40.8. The first kappa shape index (κ1) is 15.5. The van der Waals surface area contributed by atoms with Crippen molar-refractivity contribution >= 4 is 10.0 Å². The van der Waals surface area contributed by atoms with Gasteiger partial charge in [0, 0.05) is 5.56 Å². The molecule has 2 rings (SSSR count). The number of hydrogen-bond donors (Lipinski definition) is 3. The van der Waals surface area contributed by atoms with Crippen LogP contribution in [0, 0.1) is 12.7 Å². The zero-order chi connectivity index (χ0) is 15.6. The van der Waals surface area contributed by atoms with Crippen LogP contribution in [0.2, 0.25) is 0 Å². The molecule has 0 aliphatic heterocycles. The molecule has 9 heteroatoms. The highest BCUT2D eigenvalue weighted by molar-refractivity contribution is 7.89. The van der Waals surface area contributed by atoms with Gasteiger partial charge in [0.2, 0.25) is 10.0 Å². The Morgan fingerprint density at radius 3 is 2.76 bits per heavy atom. The molecule has 2 aromatic rings. The molecule has 1 aromatic carbocycles. The van der Waals surface area contributed by atoms with Crippen molar-refractivity contribution in [3.63, 3.8) is 0 Å². The molecule has 3 N–H and O–H groups in total. The Morgan fingerprint density at radius 2 is 2.19 bits per heavy atom. The van der Waals surface area contributed by atoms with Crippen molar-refractivity contribution in [3.8, 4) is 0 Å². The number of hydrogen-bond acceptors (Lipinski definition) is 5. The van der Waals surface area contributed by atoms with E-state index >= 15 is 0 Å². The summed E-state index contributed by atoms with van der Waals surface area (Å²) in [5.41, 5.74) is 0.176. The van der Waals surface area contributed by atoms with Crippen molar-refractivity contribution in [1.82, 2.24) is 19.9 Å². The van der Waals surface area contributed by atoms with Gasteiger partial charge in [0.1, 0.15) is 18.0 Å². The highest BCUT2D eigenvalue weighted by Gasteiger charge is 2.23. The third-order valence-corrected chi connectivity index (χ3v) is 4.67. The Morgan fingerprint density at radius 1 is 1.48 bits per heavy atom. The summed E-state index contributed by atoms with van der Waals surface area (Å²) in [6.45, 7) is 2.50. The first-order chi connectivity index (χ1) is 9.85. The molecular weight excluding hydrogens is 299 g/mol. The molecule has 0 aliphatic rings. The second-order valence-electron chi connectivity index (χ2n) is 4.57. The Balaban J connectivity index is 2.38. The van der Waals surface area contributed by atoms with Crippen molar-refractivity contribution in [1.29, 1.82) is 0 Å². The smallest absolute Gasteiger partial charge is 0.241 e. The standard InChI is InChI=1S/C12H15FN4O3S/c1-7-10(13)3-9(5-18)4-11(7)21(19,20)17-8(2)12-14-6-15-16-12/h3-4,6,8,17-18H,5H2,1-2H3,(H,14,15,16). The van der Waals surface area contributed by atoms with Gasteiger partial charge in [0.25, 0.3) is 0 Å². The van der Waals surface area contributed by atoms with E-state index in [4.69, 9.17) is 5.11 Å². The lowest BCUT2D eigenvalue weighted by atomic mass is 10.1. The summed E-state index contributed by atoms with van der Waals surface area (Å²) in [6.07, 6.45) is 1.26. The van der Waals surface area contributed by atoms with Crippen molar-refractivity contribution in [3.05, 3.63) is 41.2 Å². The highest BCUT2D eigenvalue weighted by Crippen LogP contribution is 2.22. The molecule has 1 atom stereocenters. The van der Waals surface area contributed by atoms with Crippen LogP contribution in [0.15, 0.2) is 23.4 Å². The van der Waals surface area contributed by atoms with E-state index in [0.717, 1.165) is 6.07 Å². The van der Waals surface area contributed by atoms with Crippen LogP contribution in [0.1, 0.15) is 29.9 Å². The second kappa shape index (κ2) is 5.88. The topological polar surface area (TPSA) is 108 Å². The average molecular weight is 314 g/mol. The van der Waals surface area contributed by atoms with Crippen LogP contribution in [-0.4, -0.2) is 28.7 Å². The Bertz CT molecular complexity index is 731. The number of halogens is 1. The molecule has 0 amide bonds. The first-order valence-corrected chi connectivity index (χ1v) is 7.61. The summed E-state index contributed by atoms with van der Waals surface area (Å²) in [7, 11) is -3.96. The van der Waals surface area contributed by atoms with Crippen molar-refractivity contribution < 1.29 is 17.9 Å². The molecule has 1 aromatic heterocycles. The van der Waals surface area contributed by atoms with E-state index in [-0.39, 0.29) is 16.0 Å². The number of aromatic nitrogens is 3. The van der Waals surface area contributed by atoms with E-state index in [2.05, 4.69) is 19.9 Å². The van der Waals surface area contributed by atoms with Crippen LogP contribution in [0.25, 0.3) is 0 Å². The van der Waals surface area contributed by atoms with E-state index < -0.39 is 28.5 Å². The maximum atomic E-state index is 13.7. The summed E-state index contributed by atoms with van der Waals surface area (Å²) in [4.78, 5) is 3.65. The van der Waals surface area contributed by atoms with Crippen LogP contribution in [0.4, 0.5) is 4.39 Å². The van der Waals surface area contributed by atoms with Gasteiger partial charge in [-0.2, -0.15) is 5.10 Å². The lowest BCUT2D eigenvalue weighted by Gasteiger charge is -2.14. The predicted molar refractivity (Wildman–Crippen MR) is 72.2 cm³/mol. The van der Waals surface area contributed by atoms with Crippen LogP contribution in [0.3, 0.4) is 0 Å². The molecule has 0 fully saturated rings. The molecule has 0 bridgehead atoms. The molecule has 0 saturated heterocycles. The zero-order valence-corrected chi connectivity index (χ0v) is 12.3. The van der Waals surface area contributed by atoms with Crippen LogP contribution < -0.4 is 4.72 Å². The molecule has 0 spiro atoms. The van der Waals surface area contributed by atoms with Gasteiger partial charge in [-0.15, -0.1) is 0 Å². The Labute approximate surface area is 121 Å². The van der Waals surface area contributed by atoms with Gasteiger partial charge in [-0.3, -0.25) is 5.10 Å². The van der Waals surface area contributed by atoms with Gasteiger partial charge in [-0.1, -0.05) is 0 Å². The highest BCUT2D eigenvalue weighted by atomic mass is 32.2. The lowest BCUT2D eigenvalue weighted by molar-refractivity contribution is 0.281. The van der Waals surface area contributed by atoms with Gasteiger partial charge in [0.05, 0.1) is 17.5 Å². The zero-order valence-electron chi connectivity index (χ0n) is 11.5. The lowest BCUT2D eigenvalue weighted by Crippen LogP contribution is -2.28. The third-order valence-electron chi connectivity index (χ3n) is 3.00. The molecule has 0 aliphatic carbocycles. The fraction of sp³-hybridized carbons (Fsp3) is 0.333. The van der Waals surface area contributed by atoms with Gasteiger partial charge >= 0.3 is 0 Å². The summed E-state index contributed by atoms with van der Waals surface area (Å²) in [5, 5.41) is 15.3.